The van der Waals surface area contributed by atoms with Gasteiger partial charge in [-0.1, -0.05) is 57.2 Å². The van der Waals surface area contributed by atoms with Gasteiger partial charge in [-0.25, -0.2) is 4.79 Å². The van der Waals surface area contributed by atoms with E-state index in [1.807, 2.05) is 0 Å². The van der Waals surface area contributed by atoms with E-state index in [9.17, 15) is 20.1 Å². The zero-order chi connectivity index (χ0) is 21.6. The normalized spacial score (nSPS) is 26.4. The lowest BCUT2D eigenvalue weighted by atomic mass is 9.97. The van der Waals surface area contributed by atoms with Crippen LogP contribution in [0.2, 0.25) is 0 Å². The van der Waals surface area contributed by atoms with Gasteiger partial charge in [-0.3, -0.25) is 0 Å². The summed E-state index contributed by atoms with van der Waals surface area (Å²) in [6.45, 7) is 2.41. The fraction of sp³-hybridized carbons (Fsp3) is 0.667. The predicted molar refractivity (Wildman–Crippen MR) is 109 cm³/mol. The highest BCUT2D eigenvalue weighted by Crippen LogP contribution is 2.19. The van der Waals surface area contributed by atoms with Crippen molar-refractivity contribution in [3.05, 3.63) is 35.9 Å². The van der Waals surface area contributed by atoms with E-state index in [0.717, 1.165) is 12.8 Å². The highest BCUT2D eigenvalue weighted by Gasteiger charge is 2.43. The highest BCUT2D eigenvalue weighted by atomic mass is 16.6. The molecule has 5 atom stereocenters. The molecule has 0 radical (unpaired) electrons. The summed E-state index contributed by atoms with van der Waals surface area (Å²) < 4.78 is 5.07. The molecule has 2 rings (SSSR count). The summed E-state index contributed by atoms with van der Waals surface area (Å²) in [4.78, 5) is 10.2. The lowest BCUT2D eigenvalue weighted by molar-refractivity contribution is -0.254. The van der Waals surface area contributed by atoms with E-state index < -0.39 is 43.2 Å². The Morgan fingerprint density at radius 3 is 2.17 bits per heavy atom. The van der Waals surface area contributed by atoms with Crippen molar-refractivity contribution in [1.29, 1.82) is 0 Å². The topological polar surface area (TPSA) is 139 Å². The van der Waals surface area contributed by atoms with Crippen LogP contribution in [-0.2, 0) is 4.74 Å². The molecule has 1 aliphatic heterocycles. The average molecular weight is 414 g/mol. The van der Waals surface area contributed by atoms with Crippen molar-refractivity contribution in [2.75, 3.05) is 13.2 Å². The first-order chi connectivity index (χ1) is 13.9. The number of ether oxygens (including phenoxy) is 1. The van der Waals surface area contributed by atoms with E-state index in [1.165, 1.54) is 25.7 Å². The van der Waals surface area contributed by atoms with Crippen molar-refractivity contribution in [3.63, 3.8) is 0 Å². The van der Waals surface area contributed by atoms with Crippen LogP contribution in [0, 0.1) is 0 Å². The average Bonchev–Trinajstić information content (AvgIpc) is 2.73. The van der Waals surface area contributed by atoms with Crippen molar-refractivity contribution in [2.45, 2.75) is 76.1 Å². The van der Waals surface area contributed by atoms with Gasteiger partial charge in [0.25, 0.3) is 0 Å². The second-order valence-corrected chi connectivity index (χ2v) is 7.15. The van der Waals surface area contributed by atoms with E-state index in [-0.39, 0.29) is 0 Å². The third kappa shape index (κ3) is 9.20. The molecule has 1 heterocycles. The molecule has 1 saturated heterocycles. The SMILES string of the molecule is CCCCCCCCN[C@H]1C(O)O[C@H](CO)[C@@H](O)[C@@H]1O.O=C(O)c1ccccc1. The number of rotatable bonds is 10. The summed E-state index contributed by atoms with van der Waals surface area (Å²) in [5, 5.41) is 49.8. The number of carboxylic acids is 1. The van der Waals surface area contributed by atoms with Crippen molar-refractivity contribution >= 4 is 5.97 Å². The van der Waals surface area contributed by atoms with Crippen molar-refractivity contribution in [1.82, 2.24) is 5.32 Å². The molecule has 0 aromatic heterocycles. The van der Waals surface area contributed by atoms with Crippen LogP contribution >= 0.6 is 0 Å². The molecule has 0 saturated carbocycles. The van der Waals surface area contributed by atoms with Gasteiger partial charge >= 0.3 is 5.97 Å². The molecule has 1 unspecified atom stereocenters. The van der Waals surface area contributed by atoms with E-state index in [1.54, 1.807) is 30.3 Å². The maximum atomic E-state index is 10.2. The minimum absolute atomic E-state index is 0.331. The van der Waals surface area contributed by atoms with E-state index in [0.29, 0.717) is 12.1 Å². The monoisotopic (exact) mass is 413 g/mol. The highest BCUT2D eigenvalue weighted by molar-refractivity contribution is 5.87. The first kappa shape index (κ1) is 25.5. The fourth-order valence-corrected chi connectivity index (χ4v) is 3.07. The third-order valence-electron chi connectivity index (χ3n) is 4.83. The van der Waals surface area contributed by atoms with Gasteiger partial charge in [-0.05, 0) is 25.1 Å². The number of aliphatic hydroxyl groups is 4. The maximum Gasteiger partial charge on any atom is 0.335 e. The summed E-state index contributed by atoms with van der Waals surface area (Å²) in [7, 11) is 0. The Morgan fingerprint density at radius 1 is 1.00 bits per heavy atom. The summed E-state index contributed by atoms with van der Waals surface area (Å²) in [6.07, 6.45) is 2.49. The van der Waals surface area contributed by atoms with E-state index in [2.05, 4.69) is 12.2 Å². The lowest BCUT2D eigenvalue weighted by Gasteiger charge is -2.40. The van der Waals surface area contributed by atoms with Gasteiger partial charge in [0, 0.05) is 0 Å². The van der Waals surface area contributed by atoms with Crippen LogP contribution in [0.15, 0.2) is 30.3 Å². The van der Waals surface area contributed by atoms with Gasteiger partial charge in [0.1, 0.15) is 18.3 Å². The molecule has 1 aliphatic rings. The molecule has 29 heavy (non-hydrogen) atoms. The number of aromatic carboxylic acids is 1. The molecular weight excluding hydrogens is 378 g/mol. The second kappa shape index (κ2) is 14.4. The van der Waals surface area contributed by atoms with Gasteiger partial charge in [0.2, 0.25) is 0 Å². The Morgan fingerprint density at radius 2 is 1.62 bits per heavy atom. The van der Waals surface area contributed by atoms with Gasteiger partial charge < -0.3 is 35.6 Å². The van der Waals surface area contributed by atoms with Crippen LogP contribution in [-0.4, -0.2) is 75.3 Å². The van der Waals surface area contributed by atoms with E-state index in [4.69, 9.17) is 14.9 Å². The summed E-state index contributed by atoms with van der Waals surface area (Å²) >= 11 is 0. The smallest absolute Gasteiger partial charge is 0.335 e. The molecule has 0 aliphatic carbocycles. The first-order valence-corrected chi connectivity index (χ1v) is 10.2. The lowest BCUT2D eigenvalue weighted by Crippen LogP contribution is -2.63. The summed E-state index contributed by atoms with van der Waals surface area (Å²) in [6, 6.07) is 7.58. The molecule has 0 spiro atoms. The molecule has 0 amide bonds. The largest absolute Gasteiger partial charge is 0.478 e. The quantitative estimate of drug-likeness (QED) is 0.314. The molecular formula is C21H35NO7. The van der Waals surface area contributed by atoms with Crippen LogP contribution in [0.4, 0.5) is 0 Å². The second-order valence-electron chi connectivity index (χ2n) is 7.15. The number of benzene rings is 1. The van der Waals surface area contributed by atoms with Crippen LogP contribution in [0.5, 0.6) is 0 Å². The summed E-state index contributed by atoms with van der Waals surface area (Å²) in [5.41, 5.74) is 0.331. The Balaban J connectivity index is 0.000000387. The van der Waals surface area contributed by atoms with Gasteiger partial charge in [-0.15, -0.1) is 0 Å². The summed E-state index contributed by atoms with van der Waals surface area (Å²) in [5.74, 6) is -0.879. The van der Waals surface area contributed by atoms with E-state index >= 15 is 0 Å². The number of aliphatic hydroxyl groups excluding tert-OH is 4. The number of carbonyl (C=O) groups is 1. The van der Waals surface area contributed by atoms with Crippen molar-refractivity contribution < 1.29 is 35.1 Å². The number of unbranched alkanes of at least 4 members (excludes halogenated alkanes) is 5. The van der Waals surface area contributed by atoms with Crippen LogP contribution in [0.3, 0.4) is 0 Å². The molecule has 1 fully saturated rings. The van der Waals surface area contributed by atoms with Crippen molar-refractivity contribution in [2.24, 2.45) is 0 Å². The molecule has 166 valence electrons. The zero-order valence-corrected chi connectivity index (χ0v) is 17.0. The maximum absolute atomic E-state index is 10.2. The first-order valence-electron chi connectivity index (χ1n) is 10.2. The predicted octanol–water partition coefficient (Wildman–Crippen LogP) is 1.12. The minimum Gasteiger partial charge on any atom is -0.478 e. The molecule has 1 aromatic carbocycles. The minimum atomic E-state index is -1.22. The Labute approximate surface area is 172 Å². The fourth-order valence-electron chi connectivity index (χ4n) is 3.07. The van der Waals surface area contributed by atoms with Crippen LogP contribution in [0.25, 0.3) is 0 Å². The Bertz CT molecular complexity index is 557. The van der Waals surface area contributed by atoms with Gasteiger partial charge in [-0.2, -0.15) is 0 Å². The Hall–Kier alpha value is -1.55. The molecule has 6 N–H and O–H groups in total. The van der Waals surface area contributed by atoms with Crippen molar-refractivity contribution in [3.8, 4) is 0 Å². The van der Waals surface area contributed by atoms with Crippen LogP contribution < -0.4 is 5.32 Å². The number of hydrogen-bond donors (Lipinski definition) is 6. The van der Waals surface area contributed by atoms with Crippen LogP contribution in [0.1, 0.15) is 55.8 Å². The van der Waals surface area contributed by atoms with Gasteiger partial charge in [0.05, 0.1) is 18.2 Å². The number of hydrogen-bond acceptors (Lipinski definition) is 7. The number of nitrogens with one attached hydrogen (secondary N) is 1. The number of carboxylic acid groups (broad SMARTS) is 1. The molecule has 8 heteroatoms. The Kier molecular flexibility index (Phi) is 12.7. The molecule has 8 nitrogen and oxygen atoms in total. The van der Waals surface area contributed by atoms with Gasteiger partial charge in [0.15, 0.2) is 6.29 Å². The molecule has 0 bridgehead atoms. The molecule has 1 aromatic rings. The standard InChI is InChI=1S/C14H29NO5.C7H6O2/c1-2-3-4-5-6-7-8-15-11-13(18)12(17)10(9-16)20-14(11)19;8-7(9)6-4-2-1-3-5-6/h10-19H,2-9H2,1H3;1-5H,(H,8,9)/t10-,11-,12-,13-,14?;/m1./s1. The third-order valence-corrected chi connectivity index (χ3v) is 4.83. The zero-order valence-electron chi connectivity index (χ0n) is 17.0.